The molecule has 5 heteroatoms. The molecular formula is C15H20F2N2O. The van der Waals surface area contributed by atoms with Crippen LogP contribution < -0.4 is 11.1 Å². The van der Waals surface area contributed by atoms with Crippen molar-refractivity contribution in [3.63, 3.8) is 0 Å². The van der Waals surface area contributed by atoms with E-state index >= 15 is 0 Å². The highest BCUT2D eigenvalue weighted by Crippen LogP contribution is 2.27. The van der Waals surface area contributed by atoms with E-state index in [2.05, 4.69) is 5.32 Å². The molecule has 0 saturated heterocycles. The Hall–Kier alpha value is -1.49. The second kappa shape index (κ2) is 5.87. The summed E-state index contributed by atoms with van der Waals surface area (Å²) in [4.78, 5) is 12.1. The predicted octanol–water partition coefficient (Wildman–Crippen LogP) is 2.28. The minimum Gasteiger partial charge on any atom is -0.352 e. The molecule has 1 aromatic carbocycles. The van der Waals surface area contributed by atoms with Gasteiger partial charge < -0.3 is 11.1 Å². The summed E-state index contributed by atoms with van der Waals surface area (Å²) in [6, 6.07) is 3.39. The average molecular weight is 282 g/mol. The van der Waals surface area contributed by atoms with E-state index in [-0.39, 0.29) is 23.9 Å². The third-order valence-electron chi connectivity index (χ3n) is 3.90. The van der Waals surface area contributed by atoms with Crippen LogP contribution in [-0.2, 0) is 11.2 Å². The molecule has 20 heavy (non-hydrogen) atoms. The van der Waals surface area contributed by atoms with Gasteiger partial charge in [-0.05, 0) is 38.3 Å². The second-order valence-electron chi connectivity index (χ2n) is 5.64. The topological polar surface area (TPSA) is 55.1 Å². The lowest BCUT2D eigenvalue weighted by Crippen LogP contribution is -2.54. The Kier molecular flexibility index (Phi) is 4.38. The summed E-state index contributed by atoms with van der Waals surface area (Å²) >= 11 is 0. The minimum atomic E-state index is -0.817. The molecule has 2 rings (SSSR count). The van der Waals surface area contributed by atoms with Crippen molar-refractivity contribution >= 4 is 5.91 Å². The van der Waals surface area contributed by atoms with Crippen LogP contribution >= 0.6 is 0 Å². The Morgan fingerprint density at radius 2 is 1.90 bits per heavy atom. The molecule has 1 aliphatic rings. The first-order valence-electron chi connectivity index (χ1n) is 6.95. The Labute approximate surface area is 117 Å². The first-order valence-corrected chi connectivity index (χ1v) is 6.95. The average Bonchev–Trinajstić information content (AvgIpc) is 2.82. The molecule has 3 nitrogen and oxygen atoms in total. The molecule has 0 radical (unpaired) electrons. The van der Waals surface area contributed by atoms with Gasteiger partial charge in [-0.1, -0.05) is 18.9 Å². The molecule has 0 aromatic heterocycles. The van der Waals surface area contributed by atoms with E-state index in [1.54, 1.807) is 6.92 Å². The lowest BCUT2D eigenvalue weighted by atomic mass is 9.97. The maximum Gasteiger partial charge on any atom is 0.240 e. The number of nitrogens with one attached hydrogen (secondary N) is 1. The Morgan fingerprint density at radius 3 is 2.45 bits per heavy atom. The van der Waals surface area contributed by atoms with Crippen molar-refractivity contribution in [3.8, 4) is 0 Å². The van der Waals surface area contributed by atoms with E-state index < -0.39 is 17.2 Å². The molecule has 1 aromatic rings. The number of hydrogen-bond donors (Lipinski definition) is 2. The van der Waals surface area contributed by atoms with Crippen LogP contribution in [0, 0.1) is 11.6 Å². The van der Waals surface area contributed by atoms with Crippen molar-refractivity contribution < 1.29 is 13.6 Å². The fourth-order valence-corrected chi connectivity index (χ4v) is 2.69. The van der Waals surface area contributed by atoms with Crippen molar-refractivity contribution in [3.05, 3.63) is 35.4 Å². The molecule has 1 aliphatic carbocycles. The van der Waals surface area contributed by atoms with Crippen molar-refractivity contribution in [2.24, 2.45) is 5.73 Å². The first-order chi connectivity index (χ1) is 9.42. The molecule has 1 atom stereocenters. The van der Waals surface area contributed by atoms with Crippen LogP contribution in [0.3, 0.4) is 0 Å². The van der Waals surface area contributed by atoms with Gasteiger partial charge in [-0.2, -0.15) is 0 Å². The SMILES string of the molecule is CC(Cc1c(F)cccc1F)NC(=O)C1(N)CCCC1. The summed E-state index contributed by atoms with van der Waals surface area (Å²) in [5, 5.41) is 2.77. The van der Waals surface area contributed by atoms with E-state index in [1.165, 1.54) is 18.2 Å². The lowest BCUT2D eigenvalue weighted by Gasteiger charge is -2.25. The third-order valence-corrected chi connectivity index (χ3v) is 3.90. The van der Waals surface area contributed by atoms with Gasteiger partial charge in [-0.3, -0.25) is 4.79 Å². The van der Waals surface area contributed by atoms with Gasteiger partial charge in [0.25, 0.3) is 0 Å². The molecule has 110 valence electrons. The van der Waals surface area contributed by atoms with Gasteiger partial charge in [0.2, 0.25) is 5.91 Å². The van der Waals surface area contributed by atoms with Gasteiger partial charge >= 0.3 is 0 Å². The highest BCUT2D eigenvalue weighted by atomic mass is 19.1. The monoisotopic (exact) mass is 282 g/mol. The highest BCUT2D eigenvalue weighted by Gasteiger charge is 2.37. The zero-order chi connectivity index (χ0) is 14.8. The van der Waals surface area contributed by atoms with Crippen LogP contribution in [0.5, 0.6) is 0 Å². The summed E-state index contributed by atoms with van der Waals surface area (Å²) in [5.74, 6) is -1.40. The van der Waals surface area contributed by atoms with Gasteiger partial charge in [0.1, 0.15) is 11.6 Å². The molecule has 0 bridgehead atoms. The molecule has 3 N–H and O–H groups in total. The van der Waals surface area contributed by atoms with E-state index in [4.69, 9.17) is 5.73 Å². The van der Waals surface area contributed by atoms with Gasteiger partial charge in [-0.15, -0.1) is 0 Å². The number of amides is 1. The molecule has 1 fully saturated rings. The van der Waals surface area contributed by atoms with Crippen molar-refractivity contribution in [1.29, 1.82) is 0 Å². The zero-order valence-electron chi connectivity index (χ0n) is 11.6. The fourth-order valence-electron chi connectivity index (χ4n) is 2.69. The van der Waals surface area contributed by atoms with Crippen molar-refractivity contribution in [2.75, 3.05) is 0 Å². The molecular weight excluding hydrogens is 262 g/mol. The minimum absolute atomic E-state index is 0.00204. The smallest absolute Gasteiger partial charge is 0.240 e. The molecule has 0 heterocycles. The Bertz CT molecular complexity index is 478. The van der Waals surface area contributed by atoms with E-state index in [1.807, 2.05) is 0 Å². The standard InChI is InChI=1S/C15H20F2N2O/c1-10(9-11-12(16)5-4-6-13(11)17)19-14(20)15(18)7-2-3-8-15/h4-6,10H,2-3,7-9,18H2,1H3,(H,19,20). The van der Waals surface area contributed by atoms with Crippen molar-refractivity contribution in [2.45, 2.75) is 50.6 Å². The van der Waals surface area contributed by atoms with E-state index in [0.717, 1.165) is 12.8 Å². The number of carbonyl (C=O) groups excluding carboxylic acids is 1. The predicted molar refractivity (Wildman–Crippen MR) is 73.1 cm³/mol. The molecule has 1 unspecified atom stereocenters. The molecule has 1 amide bonds. The summed E-state index contributed by atoms with van der Waals surface area (Å²) in [5.41, 5.74) is 5.22. The van der Waals surface area contributed by atoms with Gasteiger partial charge in [0.05, 0.1) is 5.54 Å². The lowest BCUT2D eigenvalue weighted by molar-refractivity contribution is -0.126. The molecule has 0 aliphatic heterocycles. The largest absolute Gasteiger partial charge is 0.352 e. The van der Waals surface area contributed by atoms with E-state index in [9.17, 15) is 13.6 Å². The summed E-state index contributed by atoms with van der Waals surface area (Å²) in [6.45, 7) is 1.72. The van der Waals surface area contributed by atoms with E-state index in [0.29, 0.717) is 12.8 Å². The summed E-state index contributed by atoms with van der Waals surface area (Å²) < 4.78 is 27.1. The number of nitrogens with two attached hydrogens (primary N) is 1. The fraction of sp³-hybridized carbons (Fsp3) is 0.533. The van der Waals surface area contributed by atoms with Crippen molar-refractivity contribution in [1.82, 2.24) is 5.32 Å². The van der Waals surface area contributed by atoms with Crippen LogP contribution in [-0.4, -0.2) is 17.5 Å². The quantitative estimate of drug-likeness (QED) is 0.890. The third kappa shape index (κ3) is 3.15. The summed E-state index contributed by atoms with van der Waals surface area (Å²) in [6.07, 6.45) is 3.33. The maximum atomic E-state index is 13.5. The van der Waals surface area contributed by atoms with Gasteiger partial charge in [0, 0.05) is 11.6 Å². The number of halogens is 2. The molecule has 0 spiro atoms. The number of benzene rings is 1. The van der Waals surface area contributed by atoms with Gasteiger partial charge in [0.15, 0.2) is 0 Å². The zero-order valence-corrected chi connectivity index (χ0v) is 11.6. The van der Waals surface area contributed by atoms with Gasteiger partial charge in [-0.25, -0.2) is 8.78 Å². The number of hydrogen-bond acceptors (Lipinski definition) is 2. The Morgan fingerprint density at radius 1 is 1.35 bits per heavy atom. The number of carbonyl (C=O) groups is 1. The van der Waals surface area contributed by atoms with Crippen LogP contribution in [0.1, 0.15) is 38.2 Å². The number of rotatable bonds is 4. The summed E-state index contributed by atoms with van der Waals surface area (Å²) in [7, 11) is 0. The molecule has 1 saturated carbocycles. The maximum absolute atomic E-state index is 13.5. The first kappa shape index (κ1) is 14.9. The normalized spacial score (nSPS) is 18.8. The van der Waals surface area contributed by atoms with Crippen LogP contribution in [0.4, 0.5) is 8.78 Å². The van der Waals surface area contributed by atoms with Crippen LogP contribution in [0.2, 0.25) is 0 Å². The van der Waals surface area contributed by atoms with Crippen LogP contribution in [0.25, 0.3) is 0 Å². The Balaban J connectivity index is 1.99. The highest BCUT2D eigenvalue weighted by molar-refractivity contribution is 5.86. The van der Waals surface area contributed by atoms with Crippen LogP contribution in [0.15, 0.2) is 18.2 Å². The second-order valence-corrected chi connectivity index (χ2v) is 5.64.